The molecule has 1 aliphatic carbocycles. The lowest BCUT2D eigenvalue weighted by Crippen LogP contribution is -2.44. The quantitative estimate of drug-likeness (QED) is 0.623. The van der Waals surface area contributed by atoms with Gasteiger partial charge in [-0.25, -0.2) is 4.79 Å². The van der Waals surface area contributed by atoms with Gasteiger partial charge < -0.3 is 24.0 Å². The van der Waals surface area contributed by atoms with Gasteiger partial charge in [-0.1, -0.05) is 6.08 Å². The van der Waals surface area contributed by atoms with Crippen molar-refractivity contribution in [2.24, 2.45) is 11.8 Å². The highest BCUT2D eigenvalue weighted by Gasteiger charge is 2.28. The number of morpholine rings is 1. The lowest BCUT2D eigenvalue weighted by atomic mass is 9.87. The highest BCUT2D eigenvalue weighted by molar-refractivity contribution is 5.80. The third-order valence-corrected chi connectivity index (χ3v) is 6.90. The van der Waals surface area contributed by atoms with Crippen LogP contribution < -0.4 is 4.74 Å². The lowest BCUT2D eigenvalue weighted by Gasteiger charge is -2.33. The fourth-order valence-electron chi connectivity index (χ4n) is 4.81. The largest absolute Gasteiger partial charge is 0.492 e. The van der Waals surface area contributed by atoms with Crippen LogP contribution in [0.15, 0.2) is 24.4 Å². The number of hydrogen-bond donors (Lipinski definition) is 0. The van der Waals surface area contributed by atoms with Gasteiger partial charge in [0.15, 0.2) is 0 Å². The van der Waals surface area contributed by atoms with Crippen LogP contribution in [0, 0.1) is 11.8 Å². The zero-order valence-electron chi connectivity index (χ0n) is 21.3. The average Bonchev–Trinajstić information content (AvgIpc) is 2.87. The summed E-state index contributed by atoms with van der Waals surface area (Å²) < 4.78 is 16.8. The van der Waals surface area contributed by atoms with Crippen LogP contribution in [0.3, 0.4) is 0 Å². The number of pyridine rings is 1. The molecule has 1 unspecified atom stereocenters. The first-order valence-electron chi connectivity index (χ1n) is 12.9. The molecule has 8 nitrogen and oxygen atoms in total. The molecule has 0 spiro atoms. The maximum absolute atomic E-state index is 12.7. The van der Waals surface area contributed by atoms with Gasteiger partial charge >= 0.3 is 6.09 Å². The average molecular weight is 486 g/mol. The number of carbonyl (C=O) groups excluding carboxylic acids is 2. The molecular formula is C27H39N3O5. The lowest BCUT2D eigenvalue weighted by molar-refractivity contribution is -0.139. The molecular weight excluding hydrogens is 446 g/mol. The minimum Gasteiger partial charge on any atom is -0.492 e. The van der Waals surface area contributed by atoms with Gasteiger partial charge in [0.05, 0.1) is 31.7 Å². The Hall–Kier alpha value is -2.61. The van der Waals surface area contributed by atoms with Gasteiger partial charge in [0.1, 0.15) is 11.4 Å². The number of amides is 2. The Kier molecular flexibility index (Phi) is 8.31. The van der Waals surface area contributed by atoms with Crippen molar-refractivity contribution in [3.63, 3.8) is 0 Å². The molecule has 0 saturated carbocycles. The summed E-state index contributed by atoms with van der Waals surface area (Å²) in [5.41, 5.74) is 1.70. The van der Waals surface area contributed by atoms with Crippen LogP contribution in [0.4, 0.5) is 4.79 Å². The Balaban J connectivity index is 1.20. The molecule has 2 amide bonds. The first-order valence-corrected chi connectivity index (χ1v) is 12.9. The Bertz CT molecular complexity index is 894. The van der Waals surface area contributed by atoms with Crippen LogP contribution in [0.2, 0.25) is 0 Å². The second-order valence-electron chi connectivity index (χ2n) is 10.7. The molecule has 3 aliphatic rings. The van der Waals surface area contributed by atoms with Crippen molar-refractivity contribution < 1.29 is 23.8 Å². The van der Waals surface area contributed by atoms with Gasteiger partial charge in [-0.3, -0.25) is 9.78 Å². The summed E-state index contributed by atoms with van der Waals surface area (Å²) >= 11 is 0. The van der Waals surface area contributed by atoms with E-state index in [-0.39, 0.29) is 17.9 Å². The highest BCUT2D eigenvalue weighted by Crippen LogP contribution is 2.31. The smallest absolute Gasteiger partial charge is 0.410 e. The number of aromatic nitrogens is 1. The van der Waals surface area contributed by atoms with Gasteiger partial charge in [0.25, 0.3) is 0 Å². The molecule has 1 aromatic heterocycles. The number of carbonyl (C=O) groups is 2. The maximum atomic E-state index is 12.7. The van der Waals surface area contributed by atoms with E-state index < -0.39 is 5.60 Å². The number of nitrogens with zero attached hydrogens (tertiary/aromatic N) is 3. The number of allylic oxidation sites excluding steroid dienone is 2. The van der Waals surface area contributed by atoms with Crippen LogP contribution in [-0.4, -0.2) is 78.4 Å². The Morgan fingerprint density at radius 2 is 1.80 bits per heavy atom. The van der Waals surface area contributed by atoms with Crippen LogP contribution in [0.25, 0.3) is 5.57 Å². The zero-order valence-corrected chi connectivity index (χ0v) is 21.3. The Labute approximate surface area is 208 Å². The van der Waals surface area contributed by atoms with Crippen molar-refractivity contribution in [3.8, 4) is 5.75 Å². The number of piperidine rings is 1. The monoisotopic (exact) mass is 485 g/mol. The molecule has 35 heavy (non-hydrogen) atoms. The molecule has 2 saturated heterocycles. The molecule has 4 rings (SSSR count). The third kappa shape index (κ3) is 7.19. The van der Waals surface area contributed by atoms with E-state index in [9.17, 15) is 9.59 Å². The maximum Gasteiger partial charge on any atom is 0.410 e. The number of ether oxygens (including phenoxy) is 3. The molecule has 0 bridgehead atoms. The minimum absolute atomic E-state index is 0.0705. The number of hydrogen-bond acceptors (Lipinski definition) is 6. The van der Waals surface area contributed by atoms with E-state index >= 15 is 0 Å². The topological polar surface area (TPSA) is 81.2 Å². The fourth-order valence-corrected chi connectivity index (χ4v) is 4.81. The van der Waals surface area contributed by atoms with Crippen molar-refractivity contribution >= 4 is 17.6 Å². The van der Waals surface area contributed by atoms with E-state index in [1.165, 1.54) is 5.57 Å². The summed E-state index contributed by atoms with van der Waals surface area (Å²) in [5, 5.41) is 0. The summed E-state index contributed by atoms with van der Waals surface area (Å²) in [6.07, 6.45) is 8.04. The molecule has 1 aromatic rings. The van der Waals surface area contributed by atoms with Crippen LogP contribution >= 0.6 is 0 Å². The molecule has 0 radical (unpaired) electrons. The highest BCUT2D eigenvalue weighted by atomic mass is 16.6. The molecule has 0 N–H and O–H groups in total. The molecule has 2 fully saturated rings. The first-order chi connectivity index (χ1) is 16.8. The zero-order chi connectivity index (χ0) is 24.8. The molecule has 3 heterocycles. The summed E-state index contributed by atoms with van der Waals surface area (Å²) in [6.45, 7) is 10.4. The summed E-state index contributed by atoms with van der Waals surface area (Å²) in [7, 11) is 0. The molecule has 2 aliphatic heterocycles. The first kappa shape index (κ1) is 25.5. The normalized spacial score (nSPS) is 21.9. The van der Waals surface area contributed by atoms with E-state index in [0.717, 1.165) is 43.5 Å². The fraction of sp³-hybridized carbons (Fsp3) is 0.667. The van der Waals surface area contributed by atoms with Crippen molar-refractivity contribution in [3.05, 3.63) is 30.1 Å². The van der Waals surface area contributed by atoms with Crippen LogP contribution in [-0.2, 0) is 14.3 Å². The molecule has 192 valence electrons. The van der Waals surface area contributed by atoms with E-state index in [4.69, 9.17) is 14.2 Å². The van der Waals surface area contributed by atoms with Crippen molar-refractivity contribution in [2.75, 3.05) is 46.0 Å². The van der Waals surface area contributed by atoms with E-state index in [1.54, 1.807) is 11.1 Å². The van der Waals surface area contributed by atoms with Crippen LogP contribution in [0.5, 0.6) is 5.75 Å². The van der Waals surface area contributed by atoms with Gasteiger partial charge in [-0.05, 0) is 76.5 Å². The van der Waals surface area contributed by atoms with Gasteiger partial charge in [0, 0.05) is 32.1 Å². The number of likely N-dealkylation sites (tertiary alicyclic amines) is 1. The molecule has 1 atom stereocenters. The second kappa shape index (κ2) is 11.4. The van der Waals surface area contributed by atoms with Crippen LogP contribution in [0.1, 0.15) is 58.6 Å². The predicted molar refractivity (Wildman–Crippen MR) is 133 cm³/mol. The second-order valence-corrected chi connectivity index (χ2v) is 10.7. The summed E-state index contributed by atoms with van der Waals surface area (Å²) in [4.78, 5) is 33.3. The minimum atomic E-state index is -0.466. The van der Waals surface area contributed by atoms with Gasteiger partial charge in [0.2, 0.25) is 5.91 Å². The Morgan fingerprint density at radius 1 is 1.06 bits per heavy atom. The summed E-state index contributed by atoms with van der Waals surface area (Å²) in [6, 6.07) is 3.99. The number of rotatable bonds is 5. The third-order valence-electron chi connectivity index (χ3n) is 6.90. The molecule has 0 aromatic carbocycles. The Morgan fingerprint density at radius 3 is 2.40 bits per heavy atom. The van der Waals surface area contributed by atoms with E-state index in [2.05, 4.69) is 11.1 Å². The predicted octanol–water partition coefficient (Wildman–Crippen LogP) is 4.15. The van der Waals surface area contributed by atoms with Gasteiger partial charge in [-0.2, -0.15) is 0 Å². The van der Waals surface area contributed by atoms with Crippen molar-refractivity contribution in [1.82, 2.24) is 14.8 Å². The summed E-state index contributed by atoms with van der Waals surface area (Å²) in [5.74, 6) is 1.51. The van der Waals surface area contributed by atoms with E-state index in [1.807, 2.05) is 37.8 Å². The van der Waals surface area contributed by atoms with E-state index in [0.29, 0.717) is 51.9 Å². The molecule has 8 heteroatoms. The van der Waals surface area contributed by atoms with Crippen molar-refractivity contribution in [2.45, 2.75) is 58.5 Å². The van der Waals surface area contributed by atoms with Crippen molar-refractivity contribution in [1.29, 1.82) is 0 Å². The standard InChI is InChI=1S/C27H39N3O5/c1-27(2,3)35-26(32)30-12-10-20(11-13-30)19-34-23-8-9-24(28-18-23)21-4-6-22(7-5-21)25(31)29-14-16-33-17-15-29/h4,8-9,18,20,22H,5-7,10-17,19H2,1-3H3. The SMILES string of the molecule is CC(C)(C)OC(=O)N1CCC(COc2ccc(C3=CCC(C(=O)N4CCOCC4)CC3)nc2)CC1. The van der Waals surface area contributed by atoms with Gasteiger partial charge in [-0.15, -0.1) is 0 Å².